The van der Waals surface area contributed by atoms with Crippen LogP contribution in [-0.2, 0) is 10.2 Å². The van der Waals surface area contributed by atoms with E-state index >= 15 is 0 Å². The summed E-state index contributed by atoms with van der Waals surface area (Å²) < 4.78 is 15.0. The minimum absolute atomic E-state index is 0.0791. The fraction of sp³-hybridized carbons (Fsp3) is 0.261. The van der Waals surface area contributed by atoms with Gasteiger partial charge < -0.3 is 5.32 Å². The smallest absolute Gasteiger partial charge is 0.232 e. The summed E-state index contributed by atoms with van der Waals surface area (Å²) in [5.41, 5.74) is 1.60. The molecule has 4 aromatic rings. The number of fused-ring (bicyclic) bond motifs is 1. The minimum Gasteiger partial charge on any atom is -0.301 e. The van der Waals surface area contributed by atoms with Crippen LogP contribution in [0, 0.1) is 11.2 Å². The van der Waals surface area contributed by atoms with Crippen LogP contribution in [0.4, 0.5) is 9.52 Å². The van der Waals surface area contributed by atoms with Crippen molar-refractivity contribution in [3.8, 4) is 5.69 Å². The van der Waals surface area contributed by atoms with Gasteiger partial charge in [-0.3, -0.25) is 4.79 Å². The van der Waals surface area contributed by atoms with Crippen molar-refractivity contribution in [3.63, 3.8) is 0 Å². The molecule has 7 heteroatoms. The first kappa shape index (κ1) is 20.2. The van der Waals surface area contributed by atoms with Gasteiger partial charge in [0.1, 0.15) is 5.82 Å². The van der Waals surface area contributed by atoms with Crippen molar-refractivity contribution >= 4 is 33.3 Å². The lowest BCUT2D eigenvalue weighted by atomic mass is 9.63. The summed E-state index contributed by atoms with van der Waals surface area (Å²) in [6.45, 7) is 8.03. The monoisotopic (exact) mass is 422 g/mol. The Labute approximate surface area is 178 Å². The third-order valence-corrected chi connectivity index (χ3v) is 6.83. The predicted octanol–water partition coefficient (Wildman–Crippen LogP) is 5.56. The zero-order valence-corrected chi connectivity index (χ0v) is 18.1. The number of amides is 1. The Morgan fingerprint density at radius 3 is 2.50 bits per heavy atom. The number of hydrogen-bond donors (Lipinski definition) is 1. The van der Waals surface area contributed by atoms with Crippen molar-refractivity contribution in [2.24, 2.45) is 5.41 Å². The molecular weight excluding hydrogens is 399 g/mol. The lowest BCUT2D eigenvalue weighted by Crippen LogP contribution is -2.45. The van der Waals surface area contributed by atoms with E-state index in [-0.39, 0.29) is 11.7 Å². The van der Waals surface area contributed by atoms with Gasteiger partial charge in [0.2, 0.25) is 5.91 Å². The number of nitrogens with zero attached hydrogens (tertiary/aromatic N) is 3. The van der Waals surface area contributed by atoms with Crippen molar-refractivity contribution in [1.29, 1.82) is 0 Å². The molecule has 2 aromatic carbocycles. The Balaban J connectivity index is 1.67. The average Bonchev–Trinajstić information content (AvgIpc) is 3.37. The second-order valence-corrected chi connectivity index (χ2v) is 9.24. The van der Waals surface area contributed by atoms with E-state index in [9.17, 15) is 9.18 Å². The molecule has 0 atom stereocenters. The Kier molecular flexibility index (Phi) is 4.94. The SMILES string of the molecule is CC(C)(C(=O)Nc1nccs1)C(C)(C)c1ccc2c(cnn2-c2ccc(F)cc2)c1. The van der Waals surface area contributed by atoms with Gasteiger partial charge in [-0.1, -0.05) is 33.8 Å². The molecule has 0 saturated heterocycles. The summed E-state index contributed by atoms with van der Waals surface area (Å²) in [6.07, 6.45) is 3.46. The van der Waals surface area contributed by atoms with Crippen LogP contribution in [0.15, 0.2) is 60.2 Å². The molecule has 1 amide bonds. The summed E-state index contributed by atoms with van der Waals surface area (Å²) in [4.78, 5) is 17.2. The average molecular weight is 423 g/mol. The summed E-state index contributed by atoms with van der Waals surface area (Å²) in [5.74, 6) is -0.359. The van der Waals surface area contributed by atoms with E-state index < -0.39 is 10.8 Å². The molecule has 30 heavy (non-hydrogen) atoms. The lowest BCUT2D eigenvalue weighted by molar-refractivity contribution is -0.127. The molecule has 4 rings (SSSR count). The molecule has 0 bridgehead atoms. The molecule has 0 unspecified atom stereocenters. The van der Waals surface area contributed by atoms with Gasteiger partial charge in [-0.2, -0.15) is 5.10 Å². The van der Waals surface area contributed by atoms with Crippen molar-refractivity contribution in [1.82, 2.24) is 14.8 Å². The molecule has 0 spiro atoms. The van der Waals surface area contributed by atoms with Crippen molar-refractivity contribution in [2.75, 3.05) is 5.32 Å². The number of thiazole rings is 1. The zero-order chi connectivity index (χ0) is 21.5. The number of benzene rings is 2. The number of halogens is 1. The molecule has 0 saturated carbocycles. The van der Waals surface area contributed by atoms with Crippen LogP contribution in [0.1, 0.15) is 33.3 Å². The second-order valence-electron chi connectivity index (χ2n) is 8.35. The summed E-state index contributed by atoms with van der Waals surface area (Å²) in [5, 5.41) is 10.8. The normalized spacial score (nSPS) is 12.3. The van der Waals surface area contributed by atoms with E-state index in [0.29, 0.717) is 5.13 Å². The number of nitrogens with one attached hydrogen (secondary N) is 1. The third kappa shape index (κ3) is 3.39. The van der Waals surface area contributed by atoms with E-state index in [0.717, 1.165) is 22.2 Å². The maximum absolute atomic E-state index is 13.3. The summed E-state index contributed by atoms with van der Waals surface area (Å²) in [6, 6.07) is 12.3. The summed E-state index contributed by atoms with van der Waals surface area (Å²) in [7, 11) is 0. The molecule has 5 nitrogen and oxygen atoms in total. The van der Waals surface area contributed by atoms with Crippen LogP contribution in [-0.4, -0.2) is 20.7 Å². The number of hydrogen-bond acceptors (Lipinski definition) is 4. The fourth-order valence-electron chi connectivity index (χ4n) is 3.39. The Hall–Kier alpha value is -3.06. The highest BCUT2D eigenvalue weighted by Gasteiger charge is 2.44. The maximum atomic E-state index is 13.3. The van der Waals surface area contributed by atoms with Crippen molar-refractivity contribution < 1.29 is 9.18 Å². The van der Waals surface area contributed by atoms with Gasteiger partial charge in [0.05, 0.1) is 22.8 Å². The molecule has 0 aliphatic rings. The topological polar surface area (TPSA) is 59.8 Å². The van der Waals surface area contributed by atoms with E-state index in [2.05, 4.69) is 35.3 Å². The standard InChI is InChI=1S/C23H23FN4OS/c1-22(2,23(3,4)20(29)27-21-25-11-12-30-21)16-5-10-19-15(13-16)14-26-28(19)18-8-6-17(24)7-9-18/h5-14H,1-4H3,(H,25,27,29). The predicted molar refractivity (Wildman–Crippen MR) is 119 cm³/mol. The maximum Gasteiger partial charge on any atom is 0.232 e. The van der Waals surface area contributed by atoms with Crippen LogP contribution < -0.4 is 5.32 Å². The quantitative estimate of drug-likeness (QED) is 0.458. The van der Waals surface area contributed by atoms with Crippen LogP contribution in [0.5, 0.6) is 0 Å². The molecule has 2 aromatic heterocycles. The molecule has 0 fully saturated rings. The van der Waals surface area contributed by atoms with Gasteiger partial charge in [-0.25, -0.2) is 14.1 Å². The highest BCUT2D eigenvalue weighted by molar-refractivity contribution is 7.13. The first-order valence-electron chi connectivity index (χ1n) is 9.65. The van der Waals surface area contributed by atoms with Crippen LogP contribution in [0.2, 0.25) is 0 Å². The number of anilines is 1. The lowest BCUT2D eigenvalue weighted by Gasteiger charge is -2.40. The number of aromatic nitrogens is 3. The Morgan fingerprint density at radius 1 is 1.10 bits per heavy atom. The Bertz CT molecular complexity index is 1190. The molecule has 0 radical (unpaired) electrons. The first-order chi connectivity index (χ1) is 14.2. The van der Waals surface area contributed by atoms with Gasteiger partial charge in [0, 0.05) is 22.4 Å². The van der Waals surface area contributed by atoms with Crippen molar-refractivity contribution in [2.45, 2.75) is 33.1 Å². The second kappa shape index (κ2) is 7.32. The van der Waals surface area contributed by atoms with Crippen LogP contribution in [0.3, 0.4) is 0 Å². The fourth-order valence-corrected chi connectivity index (χ4v) is 3.92. The van der Waals surface area contributed by atoms with Crippen LogP contribution >= 0.6 is 11.3 Å². The van der Waals surface area contributed by atoms with E-state index in [4.69, 9.17) is 0 Å². The van der Waals surface area contributed by atoms with Gasteiger partial charge in [-0.15, -0.1) is 11.3 Å². The molecular formula is C23H23FN4OS. The zero-order valence-electron chi connectivity index (χ0n) is 17.3. The Morgan fingerprint density at radius 2 is 1.83 bits per heavy atom. The van der Waals surface area contributed by atoms with Crippen LogP contribution in [0.25, 0.3) is 16.6 Å². The molecule has 2 heterocycles. The van der Waals surface area contributed by atoms with Gasteiger partial charge >= 0.3 is 0 Å². The third-order valence-electron chi connectivity index (χ3n) is 6.14. The van der Waals surface area contributed by atoms with Gasteiger partial charge in [0.15, 0.2) is 5.13 Å². The molecule has 0 aliphatic carbocycles. The minimum atomic E-state index is -0.695. The highest BCUT2D eigenvalue weighted by atomic mass is 32.1. The summed E-state index contributed by atoms with van der Waals surface area (Å²) >= 11 is 1.40. The molecule has 154 valence electrons. The number of carbonyl (C=O) groups is 1. The van der Waals surface area contributed by atoms with Gasteiger partial charge in [0.25, 0.3) is 0 Å². The highest BCUT2D eigenvalue weighted by Crippen LogP contribution is 2.43. The van der Waals surface area contributed by atoms with E-state index in [1.54, 1.807) is 29.2 Å². The van der Waals surface area contributed by atoms with Crippen molar-refractivity contribution in [3.05, 3.63) is 71.6 Å². The number of rotatable bonds is 5. The van der Waals surface area contributed by atoms with E-state index in [1.165, 1.54) is 23.5 Å². The molecule has 0 aliphatic heterocycles. The first-order valence-corrected chi connectivity index (χ1v) is 10.5. The molecule has 1 N–H and O–H groups in total. The number of carbonyl (C=O) groups excluding carboxylic acids is 1. The largest absolute Gasteiger partial charge is 0.301 e. The van der Waals surface area contributed by atoms with Gasteiger partial charge in [-0.05, 0) is 42.0 Å². The van der Waals surface area contributed by atoms with E-state index in [1.807, 2.05) is 31.4 Å².